The second-order valence-electron chi connectivity index (χ2n) is 31.7. The maximum Gasteiger partial charge on any atom is 0.294 e. The van der Waals surface area contributed by atoms with Gasteiger partial charge in [0.1, 0.15) is 12.7 Å². The number of hydrogen-bond acceptors (Lipinski definition) is 16. The third-order valence-electron chi connectivity index (χ3n) is 24.1. The summed E-state index contributed by atoms with van der Waals surface area (Å²) in [6.45, 7) is 13.7. The number of nitrogens with zero attached hydrogens (tertiary/aromatic N) is 4. The van der Waals surface area contributed by atoms with Crippen LogP contribution in [0.15, 0.2) is 0 Å². The molecule has 16 rings (SSSR count). The Morgan fingerprint density at radius 3 is 1.14 bits per heavy atom. The van der Waals surface area contributed by atoms with Crippen molar-refractivity contribution in [1.29, 1.82) is 0 Å². The molecule has 450 valence electrons. The molecule has 0 heterocycles. The number of rotatable bonds is 21. The lowest BCUT2D eigenvalue weighted by molar-refractivity contribution is -0.768. The Hall–Kier alpha value is -3.36. The molecule has 8 N–H and O–H groups in total. The first-order valence-corrected chi connectivity index (χ1v) is 31.1. The largest absolute Gasteiger partial charge is 0.325 e. The van der Waals surface area contributed by atoms with E-state index in [0.29, 0.717) is 38.4 Å². The third-order valence-corrected chi connectivity index (χ3v) is 24.1. The Morgan fingerprint density at radius 2 is 0.747 bits per heavy atom. The highest BCUT2D eigenvalue weighted by Gasteiger charge is 2.65. The van der Waals surface area contributed by atoms with Crippen LogP contribution in [0.5, 0.6) is 0 Å². The maximum absolute atomic E-state index is 10.5. The molecule has 16 bridgehead atoms. The van der Waals surface area contributed by atoms with Gasteiger partial charge in [0.15, 0.2) is 0 Å². The molecule has 16 saturated carbocycles. The molecule has 18 unspecified atom stereocenters. The van der Waals surface area contributed by atoms with Crippen LogP contribution in [-0.2, 0) is 19.4 Å². The van der Waals surface area contributed by atoms with Gasteiger partial charge in [-0.3, -0.25) is 0 Å². The van der Waals surface area contributed by atoms with E-state index in [1.54, 1.807) is 0 Å². The molecule has 16 fully saturated rings. The number of hydrogen-bond donors (Lipinski definition) is 4. The summed E-state index contributed by atoms with van der Waals surface area (Å²) in [5.41, 5.74) is 29.0. The SMILES string of the molecule is CCC12CC3CC(N)(C1)CC(CC(C)CO[N+](=O)[O-])(C3)C2.CCC12CC3CC(N)(C1)CC(CC(C)O[N+](=O)[O-])(C3)C2.CCC12CC3CC(N)(C1)CC(CCCO[N+](=O)[O-])(C3)C2.CCC12CC3CC(N)(C1)CC(CO[N+](=O)[O-])(C3)C2. The summed E-state index contributed by atoms with van der Waals surface area (Å²) in [5, 5.41) is 39.0. The first-order chi connectivity index (χ1) is 36.8. The van der Waals surface area contributed by atoms with E-state index in [1.165, 1.54) is 109 Å². The van der Waals surface area contributed by atoms with Gasteiger partial charge < -0.3 is 42.3 Å². The summed E-state index contributed by atoms with van der Waals surface area (Å²) in [7, 11) is 0. The van der Waals surface area contributed by atoms with Crippen LogP contribution in [0.25, 0.3) is 0 Å². The molecule has 0 aromatic heterocycles. The second kappa shape index (κ2) is 21.4. The van der Waals surface area contributed by atoms with Crippen molar-refractivity contribution in [2.75, 3.05) is 19.8 Å². The van der Waals surface area contributed by atoms with Crippen LogP contribution in [0.4, 0.5) is 0 Å². The molecule has 0 spiro atoms. The van der Waals surface area contributed by atoms with Gasteiger partial charge in [-0.15, -0.1) is 40.5 Å². The summed E-state index contributed by atoms with van der Waals surface area (Å²) in [6.07, 6.45) is 36.5. The predicted octanol–water partition coefficient (Wildman–Crippen LogP) is 11.7. The highest BCUT2D eigenvalue weighted by Crippen LogP contribution is 2.72. The zero-order valence-electron chi connectivity index (χ0n) is 49.2. The Bertz CT molecular complexity index is 2290. The summed E-state index contributed by atoms with van der Waals surface area (Å²) in [5.74, 6) is 3.16. The van der Waals surface area contributed by atoms with E-state index in [9.17, 15) is 40.5 Å². The van der Waals surface area contributed by atoms with Gasteiger partial charge in [-0.1, -0.05) is 60.3 Å². The minimum Gasteiger partial charge on any atom is -0.325 e. The van der Waals surface area contributed by atoms with E-state index < -0.39 is 20.3 Å². The van der Waals surface area contributed by atoms with Crippen LogP contribution in [-0.4, -0.2) is 68.4 Å². The van der Waals surface area contributed by atoms with Crippen molar-refractivity contribution in [3.8, 4) is 0 Å². The maximum atomic E-state index is 10.5. The molecule has 0 saturated heterocycles. The second-order valence-corrected chi connectivity index (χ2v) is 31.7. The van der Waals surface area contributed by atoms with E-state index in [1.807, 2.05) is 6.92 Å². The third kappa shape index (κ3) is 13.1. The first kappa shape index (κ1) is 60.2. The smallest absolute Gasteiger partial charge is 0.294 e. The normalized spacial score (nSPS) is 46.9. The van der Waals surface area contributed by atoms with Gasteiger partial charge in [0.25, 0.3) is 20.3 Å². The average molecular weight is 1120 g/mol. The molecule has 16 aliphatic carbocycles. The fourth-order valence-corrected chi connectivity index (χ4v) is 24.7. The van der Waals surface area contributed by atoms with Crippen LogP contribution in [0, 0.1) is 113 Å². The summed E-state index contributed by atoms with van der Waals surface area (Å²) in [6, 6.07) is 0. The van der Waals surface area contributed by atoms with Crippen molar-refractivity contribution in [3.63, 3.8) is 0 Å². The van der Waals surface area contributed by atoms with E-state index in [4.69, 9.17) is 32.6 Å². The molecule has 0 aromatic carbocycles. The summed E-state index contributed by atoms with van der Waals surface area (Å²) >= 11 is 0. The predicted molar refractivity (Wildman–Crippen MR) is 297 cm³/mol. The van der Waals surface area contributed by atoms with Gasteiger partial charge in [0.2, 0.25) is 0 Å². The molecule has 20 heteroatoms. The molecular weight excluding hydrogens is 1010 g/mol. The molecule has 16 aliphatic rings. The highest BCUT2D eigenvalue weighted by atomic mass is 17.0. The van der Waals surface area contributed by atoms with Gasteiger partial charge in [0.05, 0.1) is 13.2 Å². The lowest BCUT2D eigenvalue weighted by atomic mass is 9.40. The van der Waals surface area contributed by atoms with Crippen molar-refractivity contribution >= 4 is 0 Å². The highest BCUT2D eigenvalue weighted by molar-refractivity contribution is 5.19. The fourth-order valence-electron chi connectivity index (χ4n) is 24.7. The van der Waals surface area contributed by atoms with Crippen LogP contribution in [0.2, 0.25) is 0 Å². The van der Waals surface area contributed by atoms with Crippen molar-refractivity contribution < 1.29 is 39.7 Å². The molecule has 0 aromatic rings. The zero-order chi connectivity index (χ0) is 57.4. The topological polar surface area (TPSA) is 314 Å². The Labute approximate surface area is 469 Å². The standard InChI is InChI=1S/C16H28N2O3.2C15H26N2O3.C13H22N2O3/c1-3-14-5-13-6-15(9-14,11-16(17,7-13)10-14)4-12(2)8-21-18(19)20;1-3-13-5-12-6-14(8-13,4-11(2)20-17(18)19)10-15(16,7-12)9-13;1-2-13-6-12-7-14(9-13,4-3-5-20-17(18)19)11-15(16,8-12)10-13;1-2-11-3-10-4-12(6-11,9-18-15(16)17)8-13(14,5-10)7-11/h12-13H,3-11,17H2,1-2H3;11-12H,3-10,16H2,1-2H3;12H,2-11,16H2,1H3;10H,2-9,14H2,1H3. The van der Waals surface area contributed by atoms with E-state index in [-0.39, 0.29) is 64.8 Å². The molecule has 0 amide bonds. The fraction of sp³-hybridized carbons (Fsp3) is 1.00. The molecule has 20 nitrogen and oxygen atoms in total. The molecule has 18 atom stereocenters. The van der Waals surface area contributed by atoms with Crippen molar-refractivity contribution in [2.45, 2.75) is 275 Å². The van der Waals surface area contributed by atoms with Gasteiger partial charge >= 0.3 is 0 Å². The van der Waals surface area contributed by atoms with Crippen LogP contribution >= 0.6 is 0 Å². The Morgan fingerprint density at radius 1 is 0.418 bits per heavy atom. The molecule has 0 radical (unpaired) electrons. The first-order valence-electron chi connectivity index (χ1n) is 31.1. The van der Waals surface area contributed by atoms with Crippen LogP contribution in [0.1, 0.15) is 247 Å². The summed E-state index contributed by atoms with van der Waals surface area (Å²) in [4.78, 5) is 60.2. The Kier molecular flexibility index (Phi) is 16.3. The zero-order valence-corrected chi connectivity index (χ0v) is 49.2. The van der Waals surface area contributed by atoms with Crippen molar-refractivity contribution in [1.82, 2.24) is 0 Å². The molecular formula is C59H102N8O12. The molecule has 0 aliphatic heterocycles. The lowest BCUT2D eigenvalue weighted by Gasteiger charge is -2.66. The lowest BCUT2D eigenvalue weighted by Crippen LogP contribution is -2.64. The van der Waals surface area contributed by atoms with Crippen LogP contribution in [0.3, 0.4) is 0 Å². The minimum absolute atomic E-state index is 0.0240. The van der Waals surface area contributed by atoms with Crippen LogP contribution < -0.4 is 22.9 Å². The quantitative estimate of drug-likeness (QED) is 0.0471. The van der Waals surface area contributed by atoms with Gasteiger partial charge in [0, 0.05) is 22.2 Å². The monoisotopic (exact) mass is 1110 g/mol. The number of nitrogens with two attached hydrogens (primary N) is 4. The van der Waals surface area contributed by atoms with E-state index in [2.05, 4.69) is 44.3 Å². The van der Waals surface area contributed by atoms with E-state index in [0.717, 1.165) is 114 Å². The van der Waals surface area contributed by atoms with Gasteiger partial charge in [-0.05, 0) is 260 Å². The molecule has 79 heavy (non-hydrogen) atoms. The van der Waals surface area contributed by atoms with Gasteiger partial charge in [-0.2, -0.15) is 0 Å². The average Bonchev–Trinajstić information content (AvgIpc) is 3.18. The Balaban J connectivity index is 0.000000128. The minimum atomic E-state index is -0.683. The van der Waals surface area contributed by atoms with Crippen molar-refractivity contribution in [2.24, 2.45) is 95.8 Å². The van der Waals surface area contributed by atoms with Crippen molar-refractivity contribution in [3.05, 3.63) is 40.5 Å². The summed E-state index contributed by atoms with van der Waals surface area (Å²) < 4.78 is 0. The van der Waals surface area contributed by atoms with E-state index >= 15 is 0 Å². The van der Waals surface area contributed by atoms with Gasteiger partial charge in [-0.25, -0.2) is 0 Å².